The number of hydrogen-bond donors (Lipinski definition) is 0. The summed E-state index contributed by atoms with van der Waals surface area (Å²) in [6.07, 6.45) is 4.31. The molecule has 0 unspecified atom stereocenters. The number of aromatic nitrogens is 1. The van der Waals surface area contributed by atoms with Crippen molar-refractivity contribution in [2.45, 2.75) is 0 Å². The first-order valence-electron chi connectivity index (χ1n) is 11.9. The number of para-hydroxylation sites is 2. The summed E-state index contributed by atoms with van der Waals surface area (Å²) in [4.78, 5) is 2.33. The normalized spacial score (nSPS) is 11.5. The Balaban J connectivity index is 1.43. The van der Waals surface area contributed by atoms with Crippen molar-refractivity contribution in [1.29, 1.82) is 0 Å². The van der Waals surface area contributed by atoms with Gasteiger partial charge in [-0.1, -0.05) is 91.0 Å². The maximum Gasteiger partial charge on any atom is 0.0490 e. The molecule has 0 spiro atoms. The van der Waals surface area contributed by atoms with Crippen molar-refractivity contribution in [3.05, 3.63) is 139 Å². The Bertz CT molecular complexity index is 1630. The van der Waals surface area contributed by atoms with E-state index in [1.165, 1.54) is 32.9 Å². The Hall–Kier alpha value is -4.56. The van der Waals surface area contributed by atoms with Gasteiger partial charge in [-0.2, -0.15) is 0 Å². The highest BCUT2D eigenvalue weighted by molar-refractivity contribution is 6.09. The van der Waals surface area contributed by atoms with Gasteiger partial charge in [-0.15, -0.1) is 0 Å². The van der Waals surface area contributed by atoms with E-state index in [1.807, 2.05) is 6.07 Å². The third kappa shape index (κ3) is 4.00. The summed E-state index contributed by atoms with van der Waals surface area (Å²) in [6, 6.07) is 45.1. The number of hydrogen-bond acceptors (Lipinski definition) is 1. The lowest BCUT2D eigenvalue weighted by Gasteiger charge is -2.25. The quantitative estimate of drug-likeness (QED) is 0.238. The first-order chi connectivity index (χ1) is 17.3. The van der Waals surface area contributed by atoms with Gasteiger partial charge in [-0.25, -0.2) is 0 Å². The van der Waals surface area contributed by atoms with Gasteiger partial charge in [0, 0.05) is 45.9 Å². The Morgan fingerprint density at radius 3 is 1.77 bits per heavy atom. The van der Waals surface area contributed by atoms with Crippen LogP contribution in [-0.2, 0) is 7.05 Å². The summed E-state index contributed by atoms with van der Waals surface area (Å²) in [5.41, 5.74) is 8.28. The van der Waals surface area contributed by atoms with Gasteiger partial charge in [0.1, 0.15) is 0 Å². The molecule has 168 valence electrons. The average molecular weight is 451 g/mol. The fourth-order valence-electron chi connectivity index (χ4n) is 4.81. The van der Waals surface area contributed by atoms with Gasteiger partial charge in [0.15, 0.2) is 0 Å². The van der Waals surface area contributed by atoms with Crippen molar-refractivity contribution in [2.24, 2.45) is 7.05 Å². The molecule has 2 nitrogen and oxygen atoms in total. The number of nitrogens with zero attached hydrogens (tertiary/aromatic N) is 2. The van der Waals surface area contributed by atoms with Gasteiger partial charge in [0.25, 0.3) is 0 Å². The molecule has 0 atom stereocenters. The highest BCUT2D eigenvalue weighted by atomic mass is 15.1. The summed E-state index contributed by atoms with van der Waals surface area (Å²) in [7, 11) is 2.14. The summed E-state index contributed by atoms with van der Waals surface area (Å²) < 4.78 is 2.27. The van der Waals surface area contributed by atoms with Crippen LogP contribution in [0.4, 0.5) is 17.1 Å². The third-order valence-corrected chi connectivity index (χ3v) is 6.59. The van der Waals surface area contributed by atoms with E-state index in [4.69, 9.17) is 0 Å². The summed E-state index contributed by atoms with van der Waals surface area (Å²) in [5.74, 6) is 0. The molecule has 0 aliphatic heterocycles. The van der Waals surface area contributed by atoms with Crippen LogP contribution in [-0.4, -0.2) is 4.57 Å². The first kappa shape index (κ1) is 21.0. The molecular weight excluding hydrogens is 424 g/mol. The lowest BCUT2D eigenvalue weighted by Crippen LogP contribution is -2.09. The topological polar surface area (TPSA) is 8.17 Å². The van der Waals surface area contributed by atoms with Crippen LogP contribution in [0.25, 0.3) is 34.0 Å². The number of benzene rings is 5. The van der Waals surface area contributed by atoms with Crippen LogP contribution in [0.2, 0.25) is 0 Å². The molecule has 1 aromatic heterocycles. The first-order valence-corrected chi connectivity index (χ1v) is 11.9. The van der Waals surface area contributed by atoms with Crippen LogP contribution in [0.1, 0.15) is 11.1 Å². The number of aryl methyl sites for hydroxylation is 1. The van der Waals surface area contributed by atoms with E-state index >= 15 is 0 Å². The van der Waals surface area contributed by atoms with Gasteiger partial charge < -0.3 is 9.47 Å². The van der Waals surface area contributed by atoms with Crippen molar-refractivity contribution in [3.8, 4) is 0 Å². The summed E-state index contributed by atoms with van der Waals surface area (Å²) in [5, 5.41) is 2.55. The molecule has 5 aromatic carbocycles. The smallest absolute Gasteiger partial charge is 0.0490 e. The zero-order valence-corrected chi connectivity index (χ0v) is 19.7. The van der Waals surface area contributed by atoms with Gasteiger partial charge in [-0.3, -0.25) is 0 Å². The largest absolute Gasteiger partial charge is 0.344 e. The maximum atomic E-state index is 2.33. The molecule has 0 saturated carbocycles. The second-order valence-electron chi connectivity index (χ2n) is 8.78. The molecule has 0 radical (unpaired) electrons. The maximum absolute atomic E-state index is 2.33. The van der Waals surface area contributed by atoms with Gasteiger partial charge in [0.05, 0.1) is 0 Å². The zero-order valence-electron chi connectivity index (χ0n) is 19.7. The number of rotatable bonds is 5. The van der Waals surface area contributed by atoms with Crippen molar-refractivity contribution in [2.75, 3.05) is 4.90 Å². The average Bonchev–Trinajstić information content (AvgIpc) is 3.21. The molecule has 0 saturated heterocycles. The number of anilines is 3. The molecule has 35 heavy (non-hydrogen) atoms. The Morgan fingerprint density at radius 1 is 0.486 bits per heavy atom. The molecule has 6 rings (SSSR count). The molecule has 0 fully saturated rings. The van der Waals surface area contributed by atoms with Crippen molar-refractivity contribution < 1.29 is 0 Å². The minimum Gasteiger partial charge on any atom is -0.344 e. The second kappa shape index (κ2) is 9.00. The van der Waals surface area contributed by atoms with Crippen LogP contribution in [0.3, 0.4) is 0 Å². The molecule has 0 amide bonds. The molecule has 0 bridgehead atoms. The monoisotopic (exact) mass is 450 g/mol. The highest BCUT2D eigenvalue weighted by Gasteiger charge is 2.15. The van der Waals surface area contributed by atoms with Crippen LogP contribution in [0, 0.1) is 0 Å². The standard InChI is InChI=1S/C33H26N2/c1-34-32-15-9-8-14-30(32)31-24-29(22-23-33(31)34)35(27-12-6-3-7-13-27)28-20-18-26(19-21-28)17-16-25-10-4-2-5-11-25/h2-24H,1H3/b17-16+. The molecule has 0 aliphatic carbocycles. The molecule has 0 N–H and O–H groups in total. The summed E-state index contributed by atoms with van der Waals surface area (Å²) >= 11 is 0. The van der Waals surface area contributed by atoms with E-state index in [0.717, 1.165) is 17.1 Å². The fraction of sp³-hybridized carbons (Fsp3) is 0.0303. The molecule has 0 aliphatic rings. The van der Waals surface area contributed by atoms with Gasteiger partial charge in [0.2, 0.25) is 0 Å². The molecule has 2 heteroatoms. The lowest BCUT2D eigenvalue weighted by molar-refractivity contribution is 1.01. The van der Waals surface area contributed by atoms with Crippen molar-refractivity contribution >= 4 is 51.0 Å². The lowest BCUT2D eigenvalue weighted by atomic mass is 10.1. The minimum atomic E-state index is 1.13. The van der Waals surface area contributed by atoms with E-state index < -0.39 is 0 Å². The third-order valence-electron chi connectivity index (χ3n) is 6.59. The van der Waals surface area contributed by atoms with E-state index in [2.05, 4.69) is 150 Å². The Labute approximate surface area is 206 Å². The fourth-order valence-corrected chi connectivity index (χ4v) is 4.81. The van der Waals surface area contributed by atoms with E-state index in [9.17, 15) is 0 Å². The Kier molecular flexibility index (Phi) is 5.40. The minimum absolute atomic E-state index is 1.13. The highest BCUT2D eigenvalue weighted by Crippen LogP contribution is 2.38. The molecule has 6 aromatic rings. The van der Waals surface area contributed by atoms with Crippen LogP contribution >= 0.6 is 0 Å². The molecular formula is C33H26N2. The van der Waals surface area contributed by atoms with Crippen LogP contribution in [0.15, 0.2) is 127 Å². The van der Waals surface area contributed by atoms with Gasteiger partial charge in [-0.05, 0) is 59.7 Å². The van der Waals surface area contributed by atoms with Crippen molar-refractivity contribution in [1.82, 2.24) is 4.57 Å². The van der Waals surface area contributed by atoms with Crippen molar-refractivity contribution in [3.63, 3.8) is 0 Å². The SMILES string of the molecule is Cn1c2ccccc2c2cc(N(c3ccccc3)c3ccc(/C=C/c4ccccc4)cc3)ccc21. The van der Waals surface area contributed by atoms with Gasteiger partial charge >= 0.3 is 0 Å². The van der Waals surface area contributed by atoms with E-state index in [0.29, 0.717) is 0 Å². The van der Waals surface area contributed by atoms with Crippen LogP contribution in [0.5, 0.6) is 0 Å². The van der Waals surface area contributed by atoms with E-state index in [1.54, 1.807) is 0 Å². The summed E-state index contributed by atoms with van der Waals surface area (Å²) in [6.45, 7) is 0. The zero-order chi connectivity index (χ0) is 23.6. The predicted molar refractivity (Wildman–Crippen MR) is 150 cm³/mol. The molecule has 1 heterocycles. The predicted octanol–water partition coefficient (Wildman–Crippen LogP) is 8.97. The van der Waals surface area contributed by atoms with Crippen LogP contribution < -0.4 is 4.90 Å². The Morgan fingerprint density at radius 2 is 1.03 bits per heavy atom. The second-order valence-corrected chi connectivity index (χ2v) is 8.78. The van der Waals surface area contributed by atoms with E-state index in [-0.39, 0.29) is 0 Å². The number of fused-ring (bicyclic) bond motifs is 3.